The highest BCUT2D eigenvalue weighted by Gasteiger charge is 2.13. The molecule has 0 bridgehead atoms. The molecule has 0 aliphatic heterocycles. The van der Waals surface area contributed by atoms with E-state index in [2.05, 4.69) is 23.7 Å². The van der Waals surface area contributed by atoms with Crippen molar-refractivity contribution < 1.29 is 20.4 Å². The van der Waals surface area contributed by atoms with Crippen molar-refractivity contribution in [1.82, 2.24) is 5.32 Å². The number of carbonyl (C=O) groups is 2. The zero-order valence-electron chi connectivity index (χ0n) is 12.3. The lowest BCUT2D eigenvalue weighted by atomic mass is 10.1. The normalized spacial score (nSPS) is 12.1. The van der Waals surface area contributed by atoms with E-state index >= 15 is 0 Å². The second kappa shape index (κ2) is 13.2. The fourth-order valence-corrected chi connectivity index (χ4v) is 2.07. The molecular weight excluding hydrogens is 276 g/mol. The molecule has 0 aromatic heterocycles. The number of carbonyl (C=O) groups excluding carboxylic acids is 1. The number of carboxylic acid groups (broad SMARTS) is 1. The Morgan fingerprint density at radius 1 is 1.00 bits per heavy atom. The van der Waals surface area contributed by atoms with Crippen LogP contribution in [0, 0.1) is 0 Å². The van der Waals surface area contributed by atoms with Gasteiger partial charge in [0, 0.05) is 13.0 Å². The predicted molar refractivity (Wildman–Crippen MR) is 82.7 cm³/mol. The third-order valence-electron chi connectivity index (χ3n) is 3.21. The Morgan fingerprint density at radius 3 is 2.00 bits per heavy atom. The fraction of sp³-hybridized carbons (Fsp3) is 0.857. The summed E-state index contributed by atoms with van der Waals surface area (Å²) >= 11 is 4.04. The molecule has 0 fully saturated rings. The molecule has 0 aliphatic carbocycles. The van der Waals surface area contributed by atoms with E-state index in [-0.39, 0.29) is 11.9 Å². The van der Waals surface area contributed by atoms with Crippen LogP contribution in [0.25, 0.3) is 0 Å². The lowest BCUT2D eigenvalue weighted by Gasteiger charge is -2.07. The van der Waals surface area contributed by atoms with Crippen LogP contribution < -0.4 is 11.1 Å². The molecule has 1 amide bonds. The maximum Gasteiger partial charge on any atom is 0.303 e. The number of hydrogen-bond donors (Lipinski definition) is 4. The fourth-order valence-electron chi connectivity index (χ4n) is 1.90. The van der Waals surface area contributed by atoms with Gasteiger partial charge in [0.1, 0.15) is 0 Å². The van der Waals surface area contributed by atoms with Crippen molar-refractivity contribution in [3.63, 3.8) is 0 Å². The van der Waals surface area contributed by atoms with Gasteiger partial charge >= 0.3 is 5.97 Å². The summed E-state index contributed by atoms with van der Waals surface area (Å²) in [6.45, 7) is 0.719. The first-order valence-corrected chi connectivity index (χ1v) is 8.14. The third kappa shape index (κ3) is 12.3. The number of unbranched alkanes of at least 4 members (excludes halogenated alkanes) is 7. The second-order valence-electron chi connectivity index (χ2n) is 5.14. The lowest BCUT2D eigenvalue weighted by Crippen LogP contribution is -2.68. The number of carboxylic acids is 1. The minimum absolute atomic E-state index is 0.0153. The molecule has 1 atom stereocenters. The molecule has 6 heteroatoms. The molecule has 20 heavy (non-hydrogen) atoms. The summed E-state index contributed by atoms with van der Waals surface area (Å²) in [4.78, 5) is 21.7. The first-order valence-electron chi connectivity index (χ1n) is 7.51. The van der Waals surface area contributed by atoms with E-state index in [1.165, 1.54) is 19.3 Å². The SMILES string of the molecule is [NH3+]C(CS)C(=O)NCCCCCCCCCCC(=O)O. The first-order chi connectivity index (χ1) is 9.57. The van der Waals surface area contributed by atoms with Gasteiger partial charge < -0.3 is 16.2 Å². The zero-order chi connectivity index (χ0) is 15.2. The molecule has 0 rings (SSSR count). The average molecular weight is 305 g/mol. The topological polar surface area (TPSA) is 94.0 Å². The monoisotopic (exact) mass is 305 g/mol. The summed E-state index contributed by atoms with van der Waals surface area (Å²) in [5.74, 6) is -0.235. The van der Waals surface area contributed by atoms with Crippen LogP contribution in [-0.2, 0) is 9.59 Å². The van der Waals surface area contributed by atoms with Gasteiger partial charge in [-0.1, -0.05) is 38.5 Å². The van der Waals surface area contributed by atoms with E-state index in [9.17, 15) is 9.59 Å². The molecule has 118 valence electrons. The van der Waals surface area contributed by atoms with Gasteiger partial charge in [0.05, 0.1) is 5.75 Å². The number of quaternary nitrogens is 1. The van der Waals surface area contributed by atoms with Gasteiger partial charge in [0.15, 0.2) is 6.04 Å². The molecule has 1 unspecified atom stereocenters. The van der Waals surface area contributed by atoms with Crippen molar-refractivity contribution in [1.29, 1.82) is 0 Å². The van der Waals surface area contributed by atoms with Crippen molar-refractivity contribution in [3.8, 4) is 0 Å². The van der Waals surface area contributed by atoms with Crippen LogP contribution in [0.3, 0.4) is 0 Å². The van der Waals surface area contributed by atoms with Gasteiger partial charge in [-0.15, -0.1) is 0 Å². The van der Waals surface area contributed by atoms with Crippen LogP contribution >= 0.6 is 12.6 Å². The Kier molecular flexibility index (Phi) is 12.7. The van der Waals surface area contributed by atoms with E-state index in [1.807, 2.05) is 0 Å². The number of rotatable bonds is 13. The van der Waals surface area contributed by atoms with Gasteiger partial charge in [0.2, 0.25) is 0 Å². The second-order valence-corrected chi connectivity index (χ2v) is 5.51. The van der Waals surface area contributed by atoms with E-state index in [1.54, 1.807) is 0 Å². The van der Waals surface area contributed by atoms with Crippen LogP contribution in [0.2, 0.25) is 0 Å². The maximum absolute atomic E-state index is 11.4. The van der Waals surface area contributed by atoms with Crippen molar-refractivity contribution >= 4 is 24.5 Å². The quantitative estimate of drug-likeness (QED) is 0.304. The minimum Gasteiger partial charge on any atom is -0.481 e. The maximum atomic E-state index is 11.4. The highest BCUT2D eigenvalue weighted by atomic mass is 32.1. The first kappa shape index (κ1) is 19.2. The predicted octanol–water partition coefficient (Wildman–Crippen LogP) is 1.24. The Morgan fingerprint density at radius 2 is 1.50 bits per heavy atom. The Balaban J connectivity index is 3.17. The molecular formula is C14H29N2O3S+. The highest BCUT2D eigenvalue weighted by Crippen LogP contribution is 2.09. The van der Waals surface area contributed by atoms with Gasteiger partial charge in [-0.3, -0.25) is 9.59 Å². The molecule has 0 aromatic carbocycles. The summed E-state index contributed by atoms with van der Waals surface area (Å²) < 4.78 is 0. The van der Waals surface area contributed by atoms with Gasteiger partial charge in [-0.2, -0.15) is 12.6 Å². The summed E-state index contributed by atoms with van der Waals surface area (Å²) in [5, 5.41) is 11.3. The van der Waals surface area contributed by atoms with Crippen molar-refractivity contribution in [2.45, 2.75) is 63.8 Å². The van der Waals surface area contributed by atoms with E-state index in [0.29, 0.717) is 12.2 Å². The number of amides is 1. The molecule has 5 N–H and O–H groups in total. The number of nitrogens with one attached hydrogen (secondary N) is 1. The molecule has 0 heterocycles. The minimum atomic E-state index is -0.700. The zero-order valence-corrected chi connectivity index (χ0v) is 13.2. The standard InChI is InChI=1S/C14H28N2O3S/c15-12(11-20)14(19)16-10-8-6-4-2-1-3-5-7-9-13(17)18/h12,20H,1-11,15H2,(H,16,19)(H,17,18)/p+1. The smallest absolute Gasteiger partial charge is 0.303 e. The molecule has 0 aromatic rings. The van der Waals surface area contributed by atoms with Gasteiger partial charge in [-0.05, 0) is 12.8 Å². The van der Waals surface area contributed by atoms with Crippen molar-refractivity contribution in [3.05, 3.63) is 0 Å². The lowest BCUT2D eigenvalue weighted by molar-refractivity contribution is -0.396. The summed E-state index contributed by atoms with van der Waals surface area (Å²) in [7, 11) is 0. The summed E-state index contributed by atoms with van der Waals surface area (Å²) in [6.07, 6.45) is 8.88. The summed E-state index contributed by atoms with van der Waals surface area (Å²) in [5.41, 5.74) is 3.71. The van der Waals surface area contributed by atoms with Crippen LogP contribution in [0.1, 0.15) is 57.8 Å². The molecule has 0 saturated heterocycles. The van der Waals surface area contributed by atoms with E-state index < -0.39 is 5.97 Å². The van der Waals surface area contributed by atoms with E-state index in [4.69, 9.17) is 5.11 Å². The molecule has 0 radical (unpaired) electrons. The average Bonchev–Trinajstić information content (AvgIpc) is 2.43. The van der Waals surface area contributed by atoms with Crippen LogP contribution in [0.15, 0.2) is 0 Å². The highest BCUT2D eigenvalue weighted by molar-refractivity contribution is 7.80. The number of thiol groups is 1. The molecule has 0 spiro atoms. The molecule has 0 aliphatic rings. The molecule has 0 saturated carbocycles. The van der Waals surface area contributed by atoms with Gasteiger partial charge in [0.25, 0.3) is 5.91 Å². The largest absolute Gasteiger partial charge is 0.481 e. The Bertz CT molecular complexity index is 275. The molecule has 5 nitrogen and oxygen atoms in total. The number of aliphatic carboxylic acids is 1. The summed E-state index contributed by atoms with van der Waals surface area (Å²) in [6, 6.07) is -0.260. The van der Waals surface area contributed by atoms with Crippen molar-refractivity contribution in [2.75, 3.05) is 12.3 Å². The Labute approximate surface area is 127 Å². The van der Waals surface area contributed by atoms with Crippen LogP contribution in [-0.4, -0.2) is 35.3 Å². The van der Waals surface area contributed by atoms with Crippen molar-refractivity contribution in [2.24, 2.45) is 0 Å². The van der Waals surface area contributed by atoms with Crippen LogP contribution in [0.5, 0.6) is 0 Å². The van der Waals surface area contributed by atoms with E-state index in [0.717, 1.165) is 38.6 Å². The number of hydrogen-bond acceptors (Lipinski definition) is 3. The van der Waals surface area contributed by atoms with Crippen LogP contribution in [0.4, 0.5) is 0 Å². The van der Waals surface area contributed by atoms with Gasteiger partial charge in [-0.25, -0.2) is 0 Å². The third-order valence-corrected chi connectivity index (χ3v) is 3.65. The Hall–Kier alpha value is -0.750.